The molecule has 0 saturated carbocycles. The number of rotatable bonds is 3. The number of halogens is 1. The number of nitrogens with one attached hydrogen (secondary N) is 1. The first-order valence-electron chi connectivity index (χ1n) is 8.22. The van der Waals surface area contributed by atoms with Crippen molar-refractivity contribution in [2.75, 3.05) is 10.2 Å². The first-order valence-corrected chi connectivity index (χ1v) is 8.59. The fourth-order valence-corrected chi connectivity index (χ4v) is 3.37. The Morgan fingerprint density at radius 3 is 2.92 bits per heavy atom. The third kappa shape index (κ3) is 3.03. The van der Waals surface area contributed by atoms with Gasteiger partial charge in [-0.15, -0.1) is 5.10 Å². The number of fused-ring (bicyclic) bond motifs is 1. The van der Waals surface area contributed by atoms with Gasteiger partial charge in [-0.1, -0.05) is 35.9 Å². The van der Waals surface area contributed by atoms with E-state index in [2.05, 4.69) is 50.5 Å². The molecule has 25 heavy (non-hydrogen) atoms. The first kappa shape index (κ1) is 15.8. The van der Waals surface area contributed by atoms with Crippen LogP contribution in [0, 0.1) is 6.92 Å². The molecule has 1 aliphatic heterocycles. The zero-order valence-corrected chi connectivity index (χ0v) is 14.8. The van der Waals surface area contributed by atoms with Crippen molar-refractivity contribution in [3.8, 4) is 0 Å². The molecule has 3 aromatic rings. The molecule has 4 rings (SSSR count). The Balaban J connectivity index is 1.67. The van der Waals surface area contributed by atoms with Gasteiger partial charge in [0.2, 0.25) is 0 Å². The predicted octanol–water partition coefficient (Wildman–Crippen LogP) is 4.66. The summed E-state index contributed by atoms with van der Waals surface area (Å²) in [5, 5.41) is 12.4. The van der Waals surface area contributed by atoms with Gasteiger partial charge in [0.15, 0.2) is 5.82 Å². The summed E-state index contributed by atoms with van der Waals surface area (Å²) in [6, 6.07) is 14.4. The van der Waals surface area contributed by atoms with E-state index in [9.17, 15) is 0 Å². The van der Waals surface area contributed by atoms with Crippen LogP contribution in [-0.2, 0) is 6.42 Å². The highest BCUT2D eigenvalue weighted by molar-refractivity contribution is 6.30. The summed E-state index contributed by atoms with van der Waals surface area (Å²) in [6.45, 7) is 4.19. The molecule has 2 aromatic carbocycles. The number of anilines is 4. The zero-order chi connectivity index (χ0) is 17.4. The van der Waals surface area contributed by atoms with Crippen molar-refractivity contribution in [1.29, 1.82) is 0 Å². The molecule has 0 radical (unpaired) electrons. The quantitative estimate of drug-likeness (QED) is 0.743. The number of hydrogen-bond donors (Lipinski definition) is 1. The number of hydrogen-bond acceptors (Lipinski definition) is 5. The minimum atomic E-state index is 0.294. The number of aromatic nitrogens is 3. The molecule has 1 aromatic heterocycles. The van der Waals surface area contributed by atoms with E-state index < -0.39 is 0 Å². The number of para-hydroxylation sites is 1. The van der Waals surface area contributed by atoms with Gasteiger partial charge in [-0.25, -0.2) is 0 Å². The molecule has 1 unspecified atom stereocenters. The first-order chi connectivity index (χ1) is 12.1. The molecule has 1 aliphatic rings. The average Bonchev–Trinajstić information content (AvgIpc) is 2.94. The number of aryl methyl sites for hydroxylation is 1. The van der Waals surface area contributed by atoms with Crippen LogP contribution in [0.3, 0.4) is 0 Å². The van der Waals surface area contributed by atoms with Gasteiger partial charge in [-0.2, -0.15) is 10.1 Å². The Kier molecular flexibility index (Phi) is 4.01. The molecule has 6 heteroatoms. The maximum atomic E-state index is 6.10. The summed E-state index contributed by atoms with van der Waals surface area (Å²) in [7, 11) is 0. The van der Waals surface area contributed by atoms with Crippen LogP contribution in [0.2, 0.25) is 5.02 Å². The molecule has 126 valence electrons. The topological polar surface area (TPSA) is 53.9 Å². The molecule has 0 saturated heterocycles. The molecule has 0 fully saturated rings. The summed E-state index contributed by atoms with van der Waals surface area (Å²) in [5.41, 5.74) is 4.45. The molecule has 1 N–H and O–H groups in total. The van der Waals surface area contributed by atoms with E-state index in [1.54, 1.807) is 6.20 Å². The van der Waals surface area contributed by atoms with Crippen LogP contribution in [0.4, 0.5) is 23.1 Å². The highest BCUT2D eigenvalue weighted by atomic mass is 35.5. The van der Waals surface area contributed by atoms with Gasteiger partial charge in [0.25, 0.3) is 5.95 Å². The summed E-state index contributed by atoms with van der Waals surface area (Å²) in [4.78, 5) is 6.81. The largest absolute Gasteiger partial charge is 0.339 e. The minimum Gasteiger partial charge on any atom is -0.339 e. The summed E-state index contributed by atoms with van der Waals surface area (Å²) >= 11 is 6.10. The maximum Gasteiger partial charge on any atom is 0.252 e. The van der Waals surface area contributed by atoms with E-state index in [1.807, 2.05) is 31.2 Å². The van der Waals surface area contributed by atoms with Crippen molar-refractivity contribution in [1.82, 2.24) is 15.2 Å². The number of benzene rings is 2. The second-order valence-corrected chi connectivity index (χ2v) is 6.71. The van der Waals surface area contributed by atoms with Crippen LogP contribution in [-0.4, -0.2) is 21.2 Å². The van der Waals surface area contributed by atoms with Crippen LogP contribution in [0.5, 0.6) is 0 Å². The molecule has 5 nitrogen and oxygen atoms in total. The van der Waals surface area contributed by atoms with Crippen molar-refractivity contribution in [3.63, 3.8) is 0 Å². The van der Waals surface area contributed by atoms with Gasteiger partial charge in [0.1, 0.15) is 0 Å². The van der Waals surface area contributed by atoms with Crippen molar-refractivity contribution < 1.29 is 0 Å². The maximum absolute atomic E-state index is 6.10. The van der Waals surface area contributed by atoms with E-state index in [0.29, 0.717) is 22.8 Å². The lowest BCUT2D eigenvalue weighted by Crippen LogP contribution is -2.26. The van der Waals surface area contributed by atoms with E-state index in [0.717, 1.165) is 23.4 Å². The third-order valence-corrected chi connectivity index (χ3v) is 4.67. The molecule has 0 amide bonds. The minimum absolute atomic E-state index is 0.294. The smallest absolute Gasteiger partial charge is 0.252 e. The van der Waals surface area contributed by atoms with Crippen LogP contribution < -0.4 is 10.2 Å². The molecule has 0 aliphatic carbocycles. The fraction of sp³-hybridized carbons (Fsp3) is 0.211. The van der Waals surface area contributed by atoms with Crippen molar-refractivity contribution in [3.05, 3.63) is 64.8 Å². The van der Waals surface area contributed by atoms with Crippen molar-refractivity contribution in [2.45, 2.75) is 26.3 Å². The van der Waals surface area contributed by atoms with Crippen LogP contribution in [0.25, 0.3) is 0 Å². The van der Waals surface area contributed by atoms with Crippen molar-refractivity contribution in [2.24, 2.45) is 0 Å². The van der Waals surface area contributed by atoms with Crippen molar-refractivity contribution >= 4 is 34.7 Å². The van der Waals surface area contributed by atoms with E-state index in [4.69, 9.17) is 11.6 Å². The molecule has 1 atom stereocenters. The van der Waals surface area contributed by atoms with Gasteiger partial charge in [0.05, 0.1) is 6.20 Å². The lowest BCUT2D eigenvalue weighted by atomic mass is 10.1. The van der Waals surface area contributed by atoms with Crippen LogP contribution in [0.15, 0.2) is 48.7 Å². The Morgan fingerprint density at radius 2 is 2.04 bits per heavy atom. The Bertz CT molecular complexity index is 927. The van der Waals surface area contributed by atoms with E-state index in [-0.39, 0.29) is 0 Å². The lowest BCUT2D eigenvalue weighted by Gasteiger charge is -2.22. The summed E-state index contributed by atoms with van der Waals surface area (Å²) in [5.74, 6) is 1.24. The SMILES string of the molecule is Cc1ccc(Cl)cc1Nc1cnnc(N2c3ccccc3CC2C)n1. The number of nitrogens with zero attached hydrogens (tertiary/aromatic N) is 4. The molecule has 2 heterocycles. The summed E-state index contributed by atoms with van der Waals surface area (Å²) < 4.78 is 0. The van der Waals surface area contributed by atoms with Gasteiger partial charge in [-0.05, 0) is 49.6 Å². The fourth-order valence-electron chi connectivity index (χ4n) is 3.19. The summed E-state index contributed by atoms with van der Waals surface area (Å²) in [6.07, 6.45) is 2.60. The van der Waals surface area contributed by atoms with Crippen LogP contribution in [0.1, 0.15) is 18.1 Å². The molecular formula is C19H18ClN5. The third-order valence-electron chi connectivity index (χ3n) is 4.43. The monoisotopic (exact) mass is 351 g/mol. The molecule has 0 bridgehead atoms. The molecule has 0 spiro atoms. The second-order valence-electron chi connectivity index (χ2n) is 6.28. The Hall–Kier alpha value is -2.66. The lowest BCUT2D eigenvalue weighted by molar-refractivity contribution is 0.730. The highest BCUT2D eigenvalue weighted by Crippen LogP contribution is 2.36. The normalized spacial score (nSPS) is 16.0. The van der Waals surface area contributed by atoms with Gasteiger partial charge < -0.3 is 10.2 Å². The predicted molar refractivity (Wildman–Crippen MR) is 101 cm³/mol. The van der Waals surface area contributed by atoms with Gasteiger partial charge >= 0.3 is 0 Å². The van der Waals surface area contributed by atoms with Gasteiger partial charge in [-0.3, -0.25) is 0 Å². The second kappa shape index (κ2) is 6.33. The standard InChI is InChI=1S/C19H18ClN5/c1-12-7-8-15(20)10-16(12)22-18-11-21-24-19(23-18)25-13(2)9-14-5-3-4-6-17(14)25/h3-8,10-11,13H,9H2,1-2H3,(H,22,23,24). The van der Waals surface area contributed by atoms with Crippen LogP contribution >= 0.6 is 11.6 Å². The molecular weight excluding hydrogens is 334 g/mol. The van der Waals surface area contributed by atoms with E-state index in [1.165, 1.54) is 5.56 Å². The average molecular weight is 352 g/mol. The van der Waals surface area contributed by atoms with Gasteiger partial charge in [0, 0.05) is 22.4 Å². The van der Waals surface area contributed by atoms with E-state index >= 15 is 0 Å². The highest BCUT2D eigenvalue weighted by Gasteiger charge is 2.29. The Labute approximate surface area is 151 Å². The Morgan fingerprint density at radius 1 is 1.20 bits per heavy atom. The zero-order valence-electron chi connectivity index (χ0n) is 14.1.